The van der Waals surface area contributed by atoms with Gasteiger partial charge in [0.1, 0.15) is 11.4 Å². The molecule has 0 saturated heterocycles. The molecule has 2 amide bonds. The zero-order chi connectivity index (χ0) is 26.0. The van der Waals surface area contributed by atoms with Crippen molar-refractivity contribution in [2.75, 3.05) is 10.6 Å². The fourth-order valence-corrected chi connectivity index (χ4v) is 3.53. The Morgan fingerprint density at radius 3 is 2.19 bits per heavy atom. The Morgan fingerprint density at radius 1 is 0.917 bits per heavy atom. The number of nitrogens with zero attached hydrogens (tertiary/aromatic N) is 6. The Bertz CT molecular complexity index is 1390. The largest absolute Gasteiger partial charge is 0.471 e. The third-order valence-electron chi connectivity index (χ3n) is 5.84. The molecule has 0 unspecified atom stereocenters. The van der Waals surface area contributed by atoms with Crippen molar-refractivity contribution in [3.63, 3.8) is 0 Å². The van der Waals surface area contributed by atoms with E-state index < -0.39 is 11.8 Å². The lowest BCUT2D eigenvalue weighted by Gasteiger charge is -2.19. The highest BCUT2D eigenvalue weighted by molar-refractivity contribution is 6.11. The molecule has 0 atom stereocenters. The van der Waals surface area contributed by atoms with Crippen LogP contribution < -0.4 is 15.4 Å². The SMILES string of the molecule is Cc1c(NC(=O)c2c(NC(=O)c3ccn(COc4ccc(C(C)(C)C)cc4)n3)cnn2C)cnn1C. The topological polar surface area (TPSA) is 121 Å². The van der Waals surface area contributed by atoms with Crippen LogP contribution >= 0.6 is 0 Å². The van der Waals surface area contributed by atoms with Gasteiger partial charge in [0, 0.05) is 20.3 Å². The minimum absolute atomic E-state index is 0.0648. The van der Waals surface area contributed by atoms with Gasteiger partial charge in [0.15, 0.2) is 12.4 Å². The van der Waals surface area contributed by atoms with Crippen LogP contribution in [0, 0.1) is 6.92 Å². The number of hydrogen-bond acceptors (Lipinski definition) is 6. The maximum Gasteiger partial charge on any atom is 0.276 e. The minimum atomic E-state index is -0.470. The summed E-state index contributed by atoms with van der Waals surface area (Å²) < 4.78 is 10.4. The average Bonchev–Trinajstić information content (AvgIpc) is 3.53. The summed E-state index contributed by atoms with van der Waals surface area (Å²) in [7, 11) is 3.41. The number of carbonyl (C=O) groups excluding carboxylic acids is 2. The van der Waals surface area contributed by atoms with E-state index >= 15 is 0 Å². The van der Waals surface area contributed by atoms with E-state index in [9.17, 15) is 9.59 Å². The molecule has 2 N–H and O–H groups in total. The van der Waals surface area contributed by atoms with E-state index in [1.54, 1.807) is 37.2 Å². The Balaban J connectivity index is 1.39. The number of nitrogens with one attached hydrogen (secondary N) is 2. The van der Waals surface area contributed by atoms with Crippen molar-refractivity contribution in [1.82, 2.24) is 29.3 Å². The summed E-state index contributed by atoms with van der Waals surface area (Å²) in [5, 5.41) is 18.0. The summed E-state index contributed by atoms with van der Waals surface area (Å²) in [5.41, 5.74) is 3.31. The highest BCUT2D eigenvalue weighted by atomic mass is 16.5. The molecule has 4 aromatic rings. The highest BCUT2D eigenvalue weighted by Crippen LogP contribution is 2.24. The summed E-state index contributed by atoms with van der Waals surface area (Å²) in [5.74, 6) is -0.180. The van der Waals surface area contributed by atoms with Gasteiger partial charge in [-0.3, -0.25) is 19.0 Å². The number of aromatic nitrogens is 6. The molecule has 11 heteroatoms. The van der Waals surface area contributed by atoms with Crippen LogP contribution in [0.3, 0.4) is 0 Å². The van der Waals surface area contributed by atoms with Gasteiger partial charge in [-0.05, 0) is 36.1 Å². The Morgan fingerprint density at radius 2 is 1.56 bits per heavy atom. The number of benzene rings is 1. The molecule has 1 aromatic carbocycles. The minimum Gasteiger partial charge on any atom is -0.471 e. The van der Waals surface area contributed by atoms with Gasteiger partial charge in [0.2, 0.25) is 0 Å². The van der Waals surface area contributed by atoms with Crippen LogP contribution in [0.2, 0.25) is 0 Å². The van der Waals surface area contributed by atoms with Crippen LogP contribution in [0.4, 0.5) is 11.4 Å². The van der Waals surface area contributed by atoms with Crippen LogP contribution in [0.25, 0.3) is 0 Å². The van der Waals surface area contributed by atoms with Crippen LogP contribution in [0.5, 0.6) is 5.75 Å². The second kappa shape index (κ2) is 9.68. The van der Waals surface area contributed by atoms with Crippen molar-refractivity contribution in [3.05, 3.63) is 71.6 Å². The van der Waals surface area contributed by atoms with Gasteiger partial charge in [-0.1, -0.05) is 32.9 Å². The molecule has 0 saturated carbocycles. The third kappa shape index (κ3) is 5.29. The number of aryl methyl sites for hydroxylation is 2. The predicted octanol–water partition coefficient (Wildman–Crippen LogP) is 3.50. The molecule has 0 fully saturated rings. The normalized spacial score (nSPS) is 11.4. The van der Waals surface area contributed by atoms with Crippen molar-refractivity contribution in [2.24, 2.45) is 14.1 Å². The van der Waals surface area contributed by atoms with Crippen LogP contribution in [-0.2, 0) is 26.2 Å². The van der Waals surface area contributed by atoms with Crippen LogP contribution in [0.1, 0.15) is 53.0 Å². The van der Waals surface area contributed by atoms with Gasteiger partial charge in [0.05, 0.1) is 29.5 Å². The molecule has 4 rings (SSSR count). The maximum atomic E-state index is 12.9. The van der Waals surface area contributed by atoms with Crippen LogP contribution in [0.15, 0.2) is 48.9 Å². The smallest absolute Gasteiger partial charge is 0.276 e. The lowest BCUT2D eigenvalue weighted by atomic mass is 9.87. The van der Waals surface area contributed by atoms with E-state index in [0.717, 1.165) is 5.69 Å². The zero-order valence-corrected chi connectivity index (χ0v) is 21.2. The van der Waals surface area contributed by atoms with Gasteiger partial charge in [0.25, 0.3) is 11.8 Å². The van der Waals surface area contributed by atoms with E-state index in [0.29, 0.717) is 11.4 Å². The molecule has 0 radical (unpaired) electrons. The van der Waals surface area contributed by atoms with Crippen molar-refractivity contribution >= 4 is 23.2 Å². The molecule has 188 valence electrons. The van der Waals surface area contributed by atoms with Crippen molar-refractivity contribution in [1.29, 1.82) is 0 Å². The first-order chi connectivity index (χ1) is 17.0. The Labute approximate surface area is 209 Å². The third-order valence-corrected chi connectivity index (χ3v) is 5.84. The van der Waals surface area contributed by atoms with Crippen molar-refractivity contribution in [2.45, 2.75) is 39.8 Å². The second-order valence-corrected chi connectivity index (χ2v) is 9.49. The average molecular weight is 491 g/mol. The molecule has 3 heterocycles. The van der Waals surface area contributed by atoms with Gasteiger partial charge in [-0.25, -0.2) is 4.68 Å². The monoisotopic (exact) mass is 490 g/mol. The van der Waals surface area contributed by atoms with Gasteiger partial charge >= 0.3 is 0 Å². The second-order valence-electron chi connectivity index (χ2n) is 9.49. The lowest BCUT2D eigenvalue weighted by Crippen LogP contribution is -2.21. The van der Waals surface area contributed by atoms with E-state index in [-0.39, 0.29) is 29.2 Å². The first-order valence-electron chi connectivity index (χ1n) is 11.4. The van der Waals surface area contributed by atoms with E-state index in [1.807, 2.05) is 31.2 Å². The summed E-state index contributed by atoms with van der Waals surface area (Å²) in [4.78, 5) is 25.7. The lowest BCUT2D eigenvalue weighted by molar-refractivity contribution is 0.101. The molecule has 11 nitrogen and oxygen atoms in total. The molecule has 3 aromatic heterocycles. The number of rotatable bonds is 7. The summed E-state index contributed by atoms with van der Waals surface area (Å²) in [6.45, 7) is 8.45. The quantitative estimate of drug-likeness (QED) is 0.409. The fraction of sp³-hybridized carbons (Fsp3) is 0.320. The van der Waals surface area contributed by atoms with E-state index in [4.69, 9.17) is 4.74 Å². The fourth-order valence-electron chi connectivity index (χ4n) is 3.53. The molecule has 0 spiro atoms. The number of ether oxygens (including phenoxy) is 1. The summed E-state index contributed by atoms with van der Waals surface area (Å²) >= 11 is 0. The maximum absolute atomic E-state index is 12.9. The van der Waals surface area contributed by atoms with Gasteiger partial charge in [-0.15, -0.1) is 0 Å². The molecule has 0 bridgehead atoms. The molecule has 0 aliphatic heterocycles. The molecular formula is C25H30N8O3. The number of anilines is 2. The standard InChI is InChI=1S/C25H30N8O3/c1-16-20(13-26-31(16)5)28-24(35)22-21(14-27-32(22)6)29-23(34)19-11-12-33(30-19)15-36-18-9-7-17(8-10-18)25(2,3)4/h7-14H,15H2,1-6H3,(H,28,35)(H,29,34). The highest BCUT2D eigenvalue weighted by Gasteiger charge is 2.21. The van der Waals surface area contributed by atoms with Crippen molar-refractivity contribution < 1.29 is 14.3 Å². The van der Waals surface area contributed by atoms with Crippen molar-refractivity contribution in [3.8, 4) is 5.75 Å². The molecule has 0 aliphatic carbocycles. The summed E-state index contributed by atoms with van der Waals surface area (Å²) in [6.07, 6.45) is 4.64. The molecular weight excluding hydrogens is 460 g/mol. The Kier molecular flexibility index (Phi) is 6.65. The first-order valence-corrected chi connectivity index (χ1v) is 11.4. The zero-order valence-electron chi connectivity index (χ0n) is 21.2. The van der Waals surface area contributed by atoms with Gasteiger partial charge < -0.3 is 15.4 Å². The summed E-state index contributed by atoms with van der Waals surface area (Å²) in [6, 6.07) is 9.49. The predicted molar refractivity (Wildman–Crippen MR) is 135 cm³/mol. The van der Waals surface area contributed by atoms with Gasteiger partial charge in [-0.2, -0.15) is 15.3 Å². The Hall–Kier alpha value is -4.41. The number of hydrogen-bond donors (Lipinski definition) is 2. The number of carbonyl (C=O) groups is 2. The van der Waals surface area contributed by atoms with E-state index in [2.05, 4.69) is 46.7 Å². The molecule has 0 aliphatic rings. The number of amides is 2. The molecule has 36 heavy (non-hydrogen) atoms. The first kappa shape index (κ1) is 24.7. The van der Waals surface area contributed by atoms with E-state index in [1.165, 1.54) is 21.1 Å². The van der Waals surface area contributed by atoms with Crippen LogP contribution in [-0.4, -0.2) is 41.2 Å².